The molecule has 0 atom stereocenters. The zero-order valence-corrected chi connectivity index (χ0v) is 15.7. The number of hydrogen-bond acceptors (Lipinski definition) is 4. The Labute approximate surface area is 162 Å². The molecule has 0 bridgehead atoms. The van der Waals surface area contributed by atoms with Crippen LogP contribution in [0.1, 0.15) is 16.7 Å². The Hall–Kier alpha value is -3.05. The van der Waals surface area contributed by atoms with E-state index in [0.29, 0.717) is 17.7 Å². The van der Waals surface area contributed by atoms with Gasteiger partial charge in [-0.1, -0.05) is 42.5 Å². The number of carbonyl (C=O) groups is 1. The molecule has 3 aromatic rings. The second kappa shape index (κ2) is 7.29. The van der Waals surface area contributed by atoms with Crippen molar-refractivity contribution < 1.29 is 14.6 Å². The first kappa shape index (κ1) is 17.4. The number of carbonyl (C=O) groups excluding carboxylic acids is 1. The van der Waals surface area contributed by atoms with Gasteiger partial charge in [0.2, 0.25) is 0 Å². The molecule has 0 fully saturated rings. The molecule has 0 saturated heterocycles. The molecule has 136 valence electrons. The molecule has 1 amide bonds. The summed E-state index contributed by atoms with van der Waals surface area (Å²) in [5, 5.41) is 13.2. The topological polar surface area (TPSA) is 49.8 Å². The van der Waals surface area contributed by atoms with Gasteiger partial charge in [0.1, 0.15) is 18.1 Å². The van der Waals surface area contributed by atoms with Crippen molar-refractivity contribution in [2.75, 3.05) is 11.4 Å². The Kier molecular flexibility index (Phi) is 4.69. The molecular formula is C22H19NO3S. The lowest BCUT2D eigenvalue weighted by Gasteiger charge is -2.13. The van der Waals surface area contributed by atoms with Crippen LogP contribution >= 0.6 is 11.3 Å². The maximum atomic E-state index is 12.8. The van der Waals surface area contributed by atoms with Crippen molar-refractivity contribution in [3.63, 3.8) is 0 Å². The van der Waals surface area contributed by atoms with Gasteiger partial charge in [-0.25, -0.2) is 0 Å². The van der Waals surface area contributed by atoms with Crippen molar-refractivity contribution in [3.05, 3.63) is 88.5 Å². The van der Waals surface area contributed by atoms with Crippen molar-refractivity contribution in [1.82, 2.24) is 0 Å². The molecule has 1 aromatic heterocycles. The van der Waals surface area contributed by atoms with Crippen molar-refractivity contribution in [3.8, 4) is 5.75 Å². The van der Waals surface area contributed by atoms with Crippen LogP contribution < -0.4 is 9.64 Å². The first-order valence-corrected chi connectivity index (χ1v) is 9.56. The van der Waals surface area contributed by atoms with Crippen LogP contribution in [0.15, 0.2) is 71.8 Å². The molecule has 1 N–H and O–H groups in total. The predicted octanol–water partition coefficient (Wildman–Crippen LogP) is 4.95. The lowest BCUT2D eigenvalue weighted by molar-refractivity contribution is -0.112. The molecule has 5 heteroatoms. The van der Waals surface area contributed by atoms with E-state index in [1.165, 1.54) is 11.3 Å². The molecule has 0 unspecified atom stereocenters. The Morgan fingerprint density at radius 3 is 2.52 bits per heavy atom. The fraction of sp³-hybridized carbons (Fsp3) is 0.136. The monoisotopic (exact) mass is 377 g/mol. The number of amides is 1. The Balaban J connectivity index is 1.48. The Morgan fingerprint density at radius 2 is 1.85 bits per heavy atom. The molecule has 4 nitrogen and oxygen atoms in total. The van der Waals surface area contributed by atoms with E-state index in [0.717, 1.165) is 21.9 Å². The maximum absolute atomic E-state index is 12.8. The average molecular weight is 377 g/mol. The minimum Gasteiger partial charge on any atom is -0.510 e. The zero-order chi connectivity index (χ0) is 18.8. The molecule has 0 saturated carbocycles. The van der Waals surface area contributed by atoms with Gasteiger partial charge in [0.25, 0.3) is 5.91 Å². The van der Waals surface area contributed by atoms with Crippen LogP contribution in [0.5, 0.6) is 5.75 Å². The van der Waals surface area contributed by atoms with Crippen LogP contribution in [-0.4, -0.2) is 17.6 Å². The van der Waals surface area contributed by atoms with Crippen LogP contribution in [0, 0.1) is 6.92 Å². The maximum Gasteiger partial charge on any atom is 0.263 e. The van der Waals surface area contributed by atoms with E-state index in [2.05, 4.69) is 0 Å². The summed E-state index contributed by atoms with van der Waals surface area (Å²) in [4.78, 5) is 14.4. The van der Waals surface area contributed by atoms with Gasteiger partial charge < -0.3 is 9.84 Å². The van der Waals surface area contributed by atoms with Crippen LogP contribution in [0.25, 0.3) is 5.57 Å². The number of benzene rings is 2. The molecule has 4 rings (SSSR count). The van der Waals surface area contributed by atoms with E-state index in [9.17, 15) is 9.90 Å². The standard InChI is InChI=1S/C22H19NO3S/c1-15-11-20(27-14-15)23-12-19(24)21(22(23)25)17-7-9-18(10-8-17)26-13-16-5-3-2-4-6-16/h2-11,14,24H,12-13H2,1H3. The average Bonchev–Trinajstić information content (AvgIpc) is 3.24. The first-order valence-electron chi connectivity index (χ1n) is 8.68. The number of aryl methyl sites for hydroxylation is 1. The number of aliphatic hydroxyl groups excluding tert-OH is 1. The summed E-state index contributed by atoms with van der Waals surface area (Å²) >= 11 is 1.50. The molecule has 0 aliphatic carbocycles. The number of anilines is 1. The molecule has 1 aliphatic heterocycles. The van der Waals surface area contributed by atoms with E-state index in [1.807, 2.05) is 73.0 Å². The van der Waals surface area contributed by atoms with E-state index < -0.39 is 0 Å². The summed E-state index contributed by atoms with van der Waals surface area (Å²) in [5.74, 6) is 0.648. The highest BCUT2D eigenvalue weighted by molar-refractivity contribution is 7.14. The van der Waals surface area contributed by atoms with Gasteiger partial charge in [-0.3, -0.25) is 9.69 Å². The molecule has 2 heterocycles. The third-order valence-electron chi connectivity index (χ3n) is 4.43. The van der Waals surface area contributed by atoms with Gasteiger partial charge in [-0.05, 0) is 47.2 Å². The second-order valence-corrected chi connectivity index (χ2v) is 7.36. The molecule has 0 spiro atoms. The zero-order valence-electron chi connectivity index (χ0n) is 14.9. The van der Waals surface area contributed by atoms with Crippen molar-refractivity contribution in [2.24, 2.45) is 0 Å². The van der Waals surface area contributed by atoms with Gasteiger partial charge in [0.15, 0.2) is 0 Å². The number of rotatable bonds is 5. The predicted molar refractivity (Wildman–Crippen MR) is 108 cm³/mol. The molecule has 1 aliphatic rings. The van der Waals surface area contributed by atoms with E-state index >= 15 is 0 Å². The molecule has 2 aromatic carbocycles. The van der Waals surface area contributed by atoms with Gasteiger partial charge in [-0.2, -0.15) is 0 Å². The van der Waals surface area contributed by atoms with E-state index in [-0.39, 0.29) is 18.2 Å². The third-order valence-corrected chi connectivity index (χ3v) is 5.50. The van der Waals surface area contributed by atoms with Gasteiger partial charge in [0.05, 0.1) is 17.1 Å². The lowest BCUT2D eigenvalue weighted by atomic mass is 10.1. The van der Waals surface area contributed by atoms with Crippen LogP contribution in [0.4, 0.5) is 5.00 Å². The summed E-state index contributed by atoms with van der Waals surface area (Å²) in [5.41, 5.74) is 3.25. The first-order chi connectivity index (χ1) is 13.1. The fourth-order valence-corrected chi connectivity index (χ4v) is 3.95. The van der Waals surface area contributed by atoms with Crippen molar-refractivity contribution in [2.45, 2.75) is 13.5 Å². The second-order valence-electron chi connectivity index (χ2n) is 6.47. The highest BCUT2D eigenvalue weighted by Gasteiger charge is 2.33. The summed E-state index contributed by atoms with van der Waals surface area (Å²) in [6, 6.07) is 19.2. The number of ether oxygens (including phenoxy) is 1. The Bertz CT molecular complexity index is 990. The highest BCUT2D eigenvalue weighted by Crippen LogP contribution is 2.34. The minimum atomic E-state index is -0.174. The third kappa shape index (κ3) is 3.59. The van der Waals surface area contributed by atoms with E-state index in [4.69, 9.17) is 4.74 Å². The van der Waals surface area contributed by atoms with Crippen LogP contribution in [0.3, 0.4) is 0 Å². The SMILES string of the molecule is Cc1csc(N2CC(O)=C(c3ccc(OCc4ccccc4)cc3)C2=O)c1. The molecule has 27 heavy (non-hydrogen) atoms. The number of nitrogens with zero attached hydrogens (tertiary/aromatic N) is 1. The fourth-order valence-electron chi connectivity index (χ4n) is 3.04. The largest absolute Gasteiger partial charge is 0.510 e. The van der Waals surface area contributed by atoms with Gasteiger partial charge in [-0.15, -0.1) is 11.3 Å². The van der Waals surface area contributed by atoms with Crippen LogP contribution in [0.2, 0.25) is 0 Å². The highest BCUT2D eigenvalue weighted by atomic mass is 32.1. The summed E-state index contributed by atoms with van der Waals surface area (Å²) in [6.45, 7) is 2.68. The quantitative estimate of drug-likeness (QED) is 0.684. The van der Waals surface area contributed by atoms with E-state index in [1.54, 1.807) is 4.90 Å². The summed E-state index contributed by atoms with van der Waals surface area (Å²) in [6.07, 6.45) is 0. The molecule has 0 radical (unpaired) electrons. The van der Waals surface area contributed by atoms with Crippen molar-refractivity contribution >= 4 is 27.8 Å². The van der Waals surface area contributed by atoms with Gasteiger partial charge >= 0.3 is 0 Å². The summed E-state index contributed by atoms with van der Waals surface area (Å²) in [7, 11) is 0. The summed E-state index contributed by atoms with van der Waals surface area (Å²) < 4.78 is 5.78. The smallest absolute Gasteiger partial charge is 0.263 e. The number of thiophene rings is 1. The van der Waals surface area contributed by atoms with Crippen molar-refractivity contribution in [1.29, 1.82) is 0 Å². The molecular weight excluding hydrogens is 358 g/mol. The number of aliphatic hydroxyl groups is 1. The van der Waals surface area contributed by atoms with Crippen LogP contribution in [-0.2, 0) is 11.4 Å². The minimum absolute atomic E-state index is 0.101. The number of hydrogen-bond donors (Lipinski definition) is 1. The lowest BCUT2D eigenvalue weighted by Crippen LogP contribution is -2.25. The Morgan fingerprint density at radius 1 is 1.11 bits per heavy atom. The van der Waals surface area contributed by atoms with Gasteiger partial charge in [0, 0.05) is 0 Å². The normalized spacial score (nSPS) is 14.1.